The van der Waals surface area contributed by atoms with Crippen LogP contribution in [0.4, 0.5) is 0 Å². The Hall–Kier alpha value is 0.130. The fourth-order valence-corrected chi connectivity index (χ4v) is 3.28. The van der Waals surface area contributed by atoms with Gasteiger partial charge in [0.25, 0.3) is 0 Å². The summed E-state index contributed by atoms with van der Waals surface area (Å²) in [7, 11) is 0. The van der Waals surface area contributed by atoms with Gasteiger partial charge in [0.05, 0.1) is 11.2 Å². The Morgan fingerprint density at radius 2 is 2.22 bits per heavy atom. The number of nitrogens with two attached hydrogens (primary N) is 1. The topological polar surface area (TPSA) is 42.2 Å². The Balaban J connectivity index is 0.00000144. The molecule has 2 N–H and O–H groups in total. The number of thiazole rings is 1. The van der Waals surface area contributed by atoms with Crippen molar-refractivity contribution in [2.45, 2.75) is 32.7 Å². The molecule has 18 heavy (non-hydrogen) atoms. The monoisotopic (exact) mass is 311 g/mol. The van der Waals surface area contributed by atoms with Crippen LogP contribution < -0.4 is 5.73 Å². The number of aromatic nitrogens is 1. The van der Waals surface area contributed by atoms with Crippen molar-refractivity contribution in [3.63, 3.8) is 0 Å². The molecule has 0 aliphatic carbocycles. The maximum absolute atomic E-state index is 5.74. The van der Waals surface area contributed by atoms with Crippen molar-refractivity contribution >= 4 is 36.2 Å². The predicted octanol–water partition coefficient (Wildman–Crippen LogP) is 2.51. The second kappa shape index (κ2) is 8.33. The van der Waals surface area contributed by atoms with E-state index in [4.69, 9.17) is 5.73 Å². The molecule has 0 bridgehead atoms. The molecule has 0 amide bonds. The van der Waals surface area contributed by atoms with Crippen LogP contribution in [0.1, 0.15) is 23.9 Å². The minimum atomic E-state index is 0. The van der Waals surface area contributed by atoms with Gasteiger partial charge in [-0.25, -0.2) is 4.98 Å². The maximum atomic E-state index is 5.74. The van der Waals surface area contributed by atoms with E-state index < -0.39 is 0 Å². The van der Waals surface area contributed by atoms with Crippen LogP contribution in [0, 0.1) is 12.8 Å². The van der Waals surface area contributed by atoms with E-state index in [0.717, 1.165) is 19.5 Å². The molecule has 2 atom stereocenters. The Labute approximate surface area is 126 Å². The van der Waals surface area contributed by atoms with E-state index in [1.807, 2.05) is 5.51 Å². The number of halogens is 2. The SMILES string of the molecule is Cc1ncsc1CCN1CC(CN)CC1C.Cl.Cl. The molecule has 0 aromatic carbocycles. The highest BCUT2D eigenvalue weighted by Gasteiger charge is 2.27. The van der Waals surface area contributed by atoms with Gasteiger partial charge in [-0.2, -0.15) is 0 Å². The molecule has 1 aromatic rings. The van der Waals surface area contributed by atoms with Crippen molar-refractivity contribution in [2.24, 2.45) is 11.7 Å². The Morgan fingerprint density at radius 3 is 2.72 bits per heavy atom. The standard InChI is InChI=1S/C12H21N3S.2ClH/c1-9-5-11(6-13)7-15(9)4-3-12-10(2)14-8-16-12;;/h8-9,11H,3-7,13H2,1-2H3;2*1H. The van der Waals surface area contributed by atoms with Crippen LogP contribution >= 0.6 is 36.2 Å². The molecular formula is C12H23Cl2N3S. The fourth-order valence-electron chi connectivity index (χ4n) is 2.51. The third-order valence-electron chi connectivity index (χ3n) is 3.59. The molecule has 6 heteroatoms. The molecule has 2 rings (SSSR count). The van der Waals surface area contributed by atoms with E-state index in [1.165, 1.54) is 23.5 Å². The van der Waals surface area contributed by atoms with Crippen LogP contribution in [0.25, 0.3) is 0 Å². The third-order valence-corrected chi connectivity index (χ3v) is 4.59. The summed E-state index contributed by atoms with van der Waals surface area (Å²) >= 11 is 1.78. The van der Waals surface area contributed by atoms with E-state index in [1.54, 1.807) is 11.3 Å². The van der Waals surface area contributed by atoms with Crippen LogP contribution in [-0.4, -0.2) is 35.6 Å². The zero-order valence-corrected chi connectivity index (χ0v) is 13.4. The Morgan fingerprint density at radius 1 is 1.50 bits per heavy atom. The molecule has 1 fully saturated rings. The zero-order chi connectivity index (χ0) is 11.5. The lowest BCUT2D eigenvalue weighted by Crippen LogP contribution is -2.30. The van der Waals surface area contributed by atoms with E-state index >= 15 is 0 Å². The molecule has 0 saturated carbocycles. The van der Waals surface area contributed by atoms with Crippen molar-refractivity contribution in [1.29, 1.82) is 0 Å². The van der Waals surface area contributed by atoms with Crippen LogP contribution in [-0.2, 0) is 6.42 Å². The van der Waals surface area contributed by atoms with Crippen molar-refractivity contribution in [3.8, 4) is 0 Å². The summed E-state index contributed by atoms with van der Waals surface area (Å²) in [5.74, 6) is 0.706. The summed E-state index contributed by atoms with van der Waals surface area (Å²) in [6.45, 7) is 7.58. The van der Waals surface area contributed by atoms with Gasteiger partial charge in [0.15, 0.2) is 0 Å². The van der Waals surface area contributed by atoms with Crippen molar-refractivity contribution < 1.29 is 0 Å². The highest BCUT2D eigenvalue weighted by Crippen LogP contribution is 2.23. The minimum absolute atomic E-state index is 0. The average Bonchev–Trinajstić information content (AvgIpc) is 2.82. The summed E-state index contributed by atoms with van der Waals surface area (Å²) in [6, 6.07) is 0.696. The predicted molar refractivity (Wildman–Crippen MR) is 83.2 cm³/mol. The van der Waals surface area contributed by atoms with Gasteiger partial charge in [-0.1, -0.05) is 0 Å². The highest BCUT2D eigenvalue weighted by molar-refractivity contribution is 7.09. The summed E-state index contributed by atoms with van der Waals surface area (Å²) in [6.07, 6.45) is 2.40. The lowest BCUT2D eigenvalue weighted by atomic mass is 10.1. The molecule has 1 saturated heterocycles. The number of nitrogens with zero attached hydrogens (tertiary/aromatic N) is 2. The molecule has 3 nitrogen and oxygen atoms in total. The van der Waals surface area contributed by atoms with E-state index in [2.05, 4.69) is 23.7 Å². The lowest BCUT2D eigenvalue weighted by Gasteiger charge is -2.20. The van der Waals surface area contributed by atoms with Gasteiger partial charge in [-0.3, -0.25) is 4.90 Å². The Bertz CT molecular complexity index is 346. The molecule has 0 spiro atoms. The largest absolute Gasteiger partial charge is 0.330 e. The molecule has 2 unspecified atom stereocenters. The maximum Gasteiger partial charge on any atom is 0.0797 e. The average molecular weight is 312 g/mol. The van der Waals surface area contributed by atoms with Gasteiger partial charge in [-0.15, -0.1) is 36.2 Å². The zero-order valence-electron chi connectivity index (χ0n) is 11.0. The molecule has 2 heterocycles. The van der Waals surface area contributed by atoms with Crippen molar-refractivity contribution in [1.82, 2.24) is 9.88 Å². The number of aryl methyl sites for hydroxylation is 1. The summed E-state index contributed by atoms with van der Waals surface area (Å²) < 4.78 is 0. The van der Waals surface area contributed by atoms with Gasteiger partial charge in [0.2, 0.25) is 0 Å². The summed E-state index contributed by atoms with van der Waals surface area (Å²) in [5, 5.41) is 0. The van der Waals surface area contributed by atoms with Crippen LogP contribution in [0.15, 0.2) is 5.51 Å². The molecular weight excluding hydrogens is 289 g/mol. The lowest BCUT2D eigenvalue weighted by molar-refractivity contribution is 0.268. The van der Waals surface area contributed by atoms with Crippen molar-refractivity contribution in [3.05, 3.63) is 16.1 Å². The van der Waals surface area contributed by atoms with Crippen LogP contribution in [0.3, 0.4) is 0 Å². The van der Waals surface area contributed by atoms with Crippen LogP contribution in [0.2, 0.25) is 0 Å². The first-order valence-corrected chi connectivity index (χ1v) is 6.91. The normalized spacial score (nSPS) is 23.5. The highest BCUT2D eigenvalue weighted by atomic mass is 35.5. The van der Waals surface area contributed by atoms with Gasteiger partial charge in [-0.05, 0) is 39.2 Å². The minimum Gasteiger partial charge on any atom is -0.330 e. The smallest absolute Gasteiger partial charge is 0.0797 e. The fraction of sp³-hybridized carbons (Fsp3) is 0.750. The first-order valence-electron chi connectivity index (χ1n) is 6.03. The molecule has 106 valence electrons. The first kappa shape index (κ1) is 18.1. The first-order chi connectivity index (χ1) is 7.70. The van der Waals surface area contributed by atoms with Crippen molar-refractivity contribution in [2.75, 3.05) is 19.6 Å². The number of likely N-dealkylation sites (tertiary alicyclic amines) is 1. The van der Waals surface area contributed by atoms with Gasteiger partial charge < -0.3 is 5.73 Å². The second-order valence-electron chi connectivity index (χ2n) is 4.79. The van der Waals surface area contributed by atoms with Gasteiger partial charge in [0, 0.05) is 24.0 Å². The van der Waals surface area contributed by atoms with Gasteiger partial charge in [0.1, 0.15) is 0 Å². The number of hydrogen-bond acceptors (Lipinski definition) is 4. The van der Waals surface area contributed by atoms with E-state index in [0.29, 0.717) is 12.0 Å². The van der Waals surface area contributed by atoms with Crippen LogP contribution in [0.5, 0.6) is 0 Å². The van der Waals surface area contributed by atoms with Gasteiger partial charge >= 0.3 is 0 Å². The third kappa shape index (κ3) is 4.35. The molecule has 1 aromatic heterocycles. The molecule has 1 aliphatic heterocycles. The number of hydrogen-bond donors (Lipinski definition) is 1. The van der Waals surface area contributed by atoms with E-state index in [9.17, 15) is 0 Å². The number of rotatable bonds is 4. The molecule has 0 radical (unpaired) electrons. The summed E-state index contributed by atoms with van der Waals surface area (Å²) in [5.41, 5.74) is 8.88. The quantitative estimate of drug-likeness (QED) is 0.929. The molecule has 1 aliphatic rings. The van der Waals surface area contributed by atoms with E-state index in [-0.39, 0.29) is 24.8 Å². The second-order valence-corrected chi connectivity index (χ2v) is 5.73. The Kier molecular flexibility index (Phi) is 8.39. The summed E-state index contributed by atoms with van der Waals surface area (Å²) in [4.78, 5) is 8.29.